The molecule has 5 nitrogen and oxygen atoms in total. The highest BCUT2D eigenvalue weighted by molar-refractivity contribution is 5.99. The summed E-state index contributed by atoms with van der Waals surface area (Å²) in [5, 5.41) is 2.19. The Morgan fingerprint density at radius 1 is 0.967 bits per heavy atom. The zero-order chi connectivity index (χ0) is 22.5. The number of para-hydroxylation sites is 1. The number of carbonyl (C=O) groups is 3. The fourth-order valence-corrected chi connectivity index (χ4v) is 2.80. The highest BCUT2D eigenvalue weighted by Crippen LogP contribution is 2.34. The van der Waals surface area contributed by atoms with E-state index in [9.17, 15) is 27.6 Å². The standard InChI is InChI=1S/C22H23F3N2O3/c1-14-8-9-16(12-15(14)2)19(28)10-11-21(30)27(3)13-20(29)26-18-7-5-4-6-17(18)22(23,24)25/h4-9,12H,10-11,13H2,1-3H3,(H,26,29). The normalized spacial score (nSPS) is 11.1. The first-order valence-electron chi connectivity index (χ1n) is 9.29. The van der Waals surface area contributed by atoms with E-state index >= 15 is 0 Å². The number of aryl methyl sites for hydroxylation is 2. The molecular weight excluding hydrogens is 397 g/mol. The van der Waals surface area contributed by atoms with Crippen LogP contribution in [-0.2, 0) is 15.8 Å². The number of rotatable bonds is 7. The molecule has 0 saturated heterocycles. The van der Waals surface area contributed by atoms with Crippen molar-refractivity contribution in [2.24, 2.45) is 0 Å². The van der Waals surface area contributed by atoms with Gasteiger partial charge in [0, 0.05) is 25.5 Å². The summed E-state index contributed by atoms with van der Waals surface area (Å²) in [7, 11) is 1.36. The molecule has 0 aromatic heterocycles. The molecule has 2 rings (SSSR count). The number of ketones is 1. The number of hydrogen-bond donors (Lipinski definition) is 1. The van der Waals surface area contributed by atoms with E-state index < -0.39 is 30.1 Å². The minimum absolute atomic E-state index is 0.0236. The van der Waals surface area contributed by atoms with E-state index in [4.69, 9.17) is 0 Å². The Kier molecular flexibility index (Phi) is 7.37. The van der Waals surface area contributed by atoms with Crippen LogP contribution in [0.4, 0.5) is 18.9 Å². The quantitative estimate of drug-likeness (QED) is 0.676. The number of nitrogens with one attached hydrogen (secondary N) is 1. The van der Waals surface area contributed by atoms with E-state index in [1.165, 1.54) is 19.2 Å². The van der Waals surface area contributed by atoms with Crippen LogP contribution in [-0.4, -0.2) is 36.1 Å². The Labute approximate surface area is 172 Å². The number of likely N-dealkylation sites (N-methyl/N-ethyl adjacent to an activating group) is 1. The molecule has 0 aliphatic carbocycles. The largest absolute Gasteiger partial charge is 0.418 e. The third-order valence-electron chi connectivity index (χ3n) is 4.71. The van der Waals surface area contributed by atoms with E-state index in [2.05, 4.69) is 5.32 Å². The molecule has 0 radical (unpaired) electrons. The average Bonchev–Trinajstić information content (AvgIpc) is 2.67. The monoisotopic (exact) mass is 420 g/mol. The zero-order valence-corrected chi connectivity index (χ0v) is 17.0. The van der Waals surface area contributed by atoms with Gasteiger partial charge in [0.1, 0.15) is 0 Å². The van der Waals surface area contributed by atoms with Crippen molar-refractivity contribution in [2.45, 2.75) is 32.9 Å². The van der Waals surface area contributed by atoms with E-state index in [0.29, 0.717) is 5.56 Å². The van der Waals surface area contributed by atoms with Gasteiger partial charge in [-0.25, -0.2) is 0 Å². The first-order valence-corrected chi connectivity index (χ1v) is 9.29. The summed E-state index contributed by atoms with van der Waals surface area (Å²) in [6.07, 6.45) is -4.74. The van der Waals surface area contributed by atoms with Crippen LogP contribution in [0.25, 0.3) is 0 Å². The van der Waals surface area contributed by atoms with E-state index in [1.54, 1.807) is 12.1 Å². The zero-order valence-electron chi connectivity index (χ0n) is 17.0. The van der Waals surface area contributed by atoms with Crippen LogP contribution in [0.3, 0.4) is 0 Å². The van der Waals surface area contributed by atoms with Crippen molar-refractivity contribution in [1.29, 1.82) is 0 Å². The Balaban J connectivity index is 1.90. The maximum atomic E-state index is 13.0. The molecular formula is C22H23F3N2O3. The van der Waals surface area contributed by atoms with E-state index in [1.807, 2.05) is 19.9 Å². The van der Waals surface area contributed by atoms with Crippen LogP contribution in [0.5, 0.6) is 0 Å². The highest BCUT2D eigenvalue weighted by atomic mass is 19.4. The SMILES string of the molecule is Cc1ccc(C(=O)CCC(=O)N(C)CC(=O)Nc2ccccc2C(F)(F)F)cc1C. The molecule has 30 heavy (non-hydrogen) atoms. The van der Waals surface area contributed by atoms with Gasteiger partial charge in [0.2, 0.25) is 11.8 Å². The molecule has 0 bridgehead atoms. The lowest BCUT2D eigenvalue weighted by molar-refractivity contribution is -0.137. The second kappa shape index (κ2) is 9.56. The molecule has 160 valence electrons. The van der Waals surface area contributed by atoms with Gasteiger partial charge in [0.15, 0.2) is 5.78 Å². The summed E-state index contributed by atoms with van der Waals surface area (Å²) in [5.41, 5.74) is 1.20. The fraction of sp³-hybridized carbons (Fsp3) is 0.318. The predicted octanol–water partition coefficient (Wildman–Crippen LogP) is 4.38. The van der Waals surface area contributed by atoms with Crippen molar-refractivity contribution in [3.8, 4) is 0 Å². The van der Waals surface area contributed by atoms with Crippen molar-refractivity contribution in [3.63, 3.8) is 0 Å². The summed E-state index contributed by atoms with van der Waals surface area (Å²) >= 11 is 0. The number of Topliss-reactive ketones (excluding diaryl/α,β-unsaturated/α-hetero) is 1. The van der Waals surface area contributed by atoms with Gasteiger partial charge in [-0.2, -0.15) is 13.2 Å². The Morgan fingerprint density at radius 3 is 2.27 bits per heavy atom. The first-order chi connectivity index (χ1) is 14.0. The van der Waals surface area contributed by atoms with Crippen LogP contribution >= 0.6 is 0 Å². The number of halogens is 3. The van der Waals surface area contributed by atoms with Gasteiger partial charge in [-0.15, -0.1) is 0 Å². The highest BCUT2D eigenvalue weighted by Gasteiger charge is 2.33. The predicted molar refractivity (Wildman–Crippen MR) is 107 cm³/mol. The molecule has 0 spiro atoms. The van der Waals surface area contributed by atoms with Gasteiger partial charge < -0.3 is 10.2 Å². The molecule has 0 heterocycles. The number of carbonyl (C=O) groups excluding carboxylic acids is 3. The molecule has 0 atom stereocenters. The van der Waals surface area contributed by atoms with E-state index in [-0.39, 0.29) is 24.3 Å². The van der Waals surface area contributed by atoms with Crippen molar-refractivity contribution in [3.05, 3.63) is 64.7 Å². The van der Waals surface area contributed by atoms with Crippen LogP contribution < -0.4 is 5.32 Å². The smallest absolute Gasteiger partial charge is 0.336 e. The summed E-state index contributed by atoms with van der Waals surface area (Å²) in [6, 6.07) is 9.90. The Bertz CT molecular complexity index is 955. The number of anilines is 1. The second-order valence-electron chi connectivity index (χ2n) is 7.06. The molecule has 0 unspecified atom stereocenters. The van der Waals surface area contributed by atoms with Crippen LogP contribution in [0.15, 0.2) is 42.5 Å². The number of amides is 2. The van der Waals surface area contributed by atoms with Crippen molar-refractivity contribution in [1.82, 2.24) is 4.90 Å². The van der Waals surface area contributed by atoms with Gasteiger partial charge in [0.05, 0.1) is 17.8 Å². The first kappa shape index (κ1) is 23.1. The van der Waals surface area contributed by atoms with Crippen LogP contribution in [0.1, 0.15) is 39.9 Å². The average molecular weight is 420 g/mol. The fourth-order valence-electron chi connectivity index (χ4n) is 2.80. The van der Waals surface area contributed by atoms with Crippen molar-refractivity contribution >= 4 is 23.3 Å². The minimum Gasteiger partial charge on any atom is -0.336 e. The molecule has 1 N–H and O–H groups in total. The topological polar surface area (TPSA) is 66.5 Å². The van der Waals surface area contributed by atoms with E-state index in [0.717, 1.165) is 28.2 Å². The van der Waals surface area contributed by atoms with Gasteiger partial charge in [0.25, 0.3) is 0 Å². The number of nitrogens with zero attached hydrogens (tertiary/aromatic N) is 1. The van der Waals surface area contributed by atoms with Gasteiger partial charge in [-0.1, -0.05) is 24.3 Å². The lowest BCUT2D eigenvalue weighted by atomic mass is 10.0. The maximum absolute atomic E-state index is 13.0. The molecule has 2 aromatic rings. The summed E-state index contributed by atoms with van der Waals surface area (Å²) < 4.78 is 39.0. The Morgan fingerprint density at radius 2 is 1.63 bits per heavy atom. The maximum Gasteiger partial charge on any atom is 0.418 e. The van der Waals surface area contributed by atoms with Crippen molar-refractivity contribution < 1.29 is 27.6 Å². The third-order valence-corrected chi connectivity index (χ3v) is 4.71. The molecule has 2 aromatic carbocycles. The van der Waals surface area contributed by atoms with Crippen molar-refractivity contribution in [2.75, 3.05) is 18.9 Å². The molecule has 2 amide bonds. The van der Waals surface area contributed by atoms with Gasteiger partial charge in [-0.05, 0) is 43.2 Å². The molecule has 0 aliphatic heterocycles. The molecule has 0 aliphatic rings. The molecule has 0 fully saturated rings. The van der Waals surface area contributed by atoms with Crippen LogP contribution in [0.2, 0.25) is 0 Å². The Hall–Kier alpha value is -3.16. The molecule has 0 saturated carbocycles. The third kappa shape index (κ3) is 6.17. The van der Waals surface area contributed by atoms with Gasteiger partial charge >= 0.3 is 6.18 Å². The summed E-state index contributed by atoms with van der Waals surface area (Å²) in [6.45, 7) is 3.39. The molecule has 8 heteroatoms. The second-order valence-corrected chi connectivity index (χ2v) is 7.06. The lowest BCUT2D eigenvalue weighted by Crippen LogP contribution is -2.35. The minimum atomic E-state index is -4.61. The number of hydrogen-bond acceptors (Lipinski definition) is 3. The van der Waals surface area contributed by atoms with Crippen LogP contribution in [0, 0.1) is 13.8 Å². The summed E-state index contributed by atoms with van der Waals surface area (Å²) in [5.74, 6) is -1.40. The van der Waals surface area contributed by atoms with Gasteiger partial charge in [-0.3, -0.25) is 14.4 Å². The lowest BCUT2D eigenvalue weighted by Gasteiger charge is -2.18. The number of benzene rings is 2. The summed E-state index contributed by atoms with van der Waals surface area (Å²) in [4.78, 5) is 37.7. The number of alkyl halides is 3.